The van der Waals surface area contributed by atoms with E-state index in [0.717, 1.165) is 0 Å². The zero-order valence-electron chi connectivity index (χ0n) is 52.4. The quantitative estimate of drug-likeness (QED) is 0.0401. The summed E-state index contributed by atoms with van der Waals surface area (Å²) in [4.78, 5) is 89.9. The van der Waals surface area contributed by atoms with E-state index in [4.69, 9.17) is 57.9 Å². The Morgan fingerprint density at radius 2 is 0.686 bits per heavy atom. The Morgan fingerprint density at radius 3 is 0.988 bits per heavy atom. The molecule has 4 heterocycles. The van der Waals surface area contributed by atoms with Gasteiger partial charge in [0, 0.05) is 166 Å². The van der Waals surface area contributed by atoms with Crippen LogP contribution in [0.1, 0.15) is 41.5 Å². The Bertz CT molecular complexity index is 2770. The number of para-hydroxylation sites is 3. The van der Waals surface area contributed by atoms with Gasteiger partial charge in [0.15, 0.2) is 0 Å². The fraction of sp³-hybridized carbons (Fsp3) is 0.308. The first-order chi connectivity index (χ1) is 38.1. The molecule has 7 rings (SSSR count). The maximum absolute atomic E-state index is 12.0. The number of nitrogens with two attached hydrogens (primary N) is 2. The second-order valence-electron chi connectivity index (χ2n) is 14.5. The molecule has 0 aliphatic rings. The number of carbonyl (C=O) groups excluding carboxylic acids is 3. The predicted octanol–water partition coefficient (Wildman–Crippen LogP) is 10.7. The molecule has 3 aromatic carbocycles. The summed E-state index contributed by atoms with van der Waals surface area (Å²) in [7, 11) is 18.2. The van der Waals surface area contributed by atoms with Crippen molar-refractivity contribution in [3.8, 4) is 0 Å². The average Bonchev–Trinajstić information content (AvgIpc) is 3.41. The van der Waals surface area contributed by atoms with E-state index in [9.17, 15) is 14.4 Å². The molecule has 0 atom stereocenters. The summed E-state index contributed by atoms with van der Waals surface area (Å²) in [5, 5.41) is 13.4. The second kappa shape index (κ2) is 58.8. The Kier molecular flexibility index (Phi) is 66.5. The molecule has 3 radical (unpaired) electrons. The van der Waals surface area contributed by atoms with Gasteiger partial charge in [0.25, 0.3) is 0 Å². The van der Waals surface area contributed by atoms with Gasteiger partial charge in [-0.25, -0.2) is 14.4 Å². The van der Waals surface area contributed by atoms with Crippen LogP contribution in [0.15, 0.2) is 96.0 Å². The third-order valence-electron chi connectivity index (χ3n) is 7.46. The fourth-order valence-corrected chi connectivity index (χ4v) is 5.12. The molecule has 0 saturated carbocycles. The molecule has 9 N–H and O–H groups in total. The Labute approximate surface area is 604 Å². The third-order valence-corrected chi connectivity index (χ3v) is 8.14. The van der Waals surface area contributed by atoms with Crippen molar-refractivity contribution in [3.05, 3.63) is 134 Å². The van der Waals surface area contributed by atoms with Gasteiger partial charge in [0.2, 0.25) is 74.8 Å². The number of urea groups is 2. The number of carbonyl (C=O) groups is 2. The van der Waals surface area contributed by atoms with Crippen molar-refractivity contribution < 1.29 is 113 Å². The second-order valence-corrected chi connectivity index (χ2v) is 15.8. The van der Waals surface area contributed by atoms with Crippen LogP contribution < -0.4 is 57.7 Å². The van der Waals surface area contributed by atoms with Crippen molar-refractivity contribution >= 4 is 129 Å². The molecule has 86 heavy (non-hydrogen) atoms. The Balaban J connectivity index is -0.000000145. The van der Waals surface area contributed by atoms with E-state index in [1.54, 1.807) is 84.2 Å². The molecule has 4 aromatic heterocycles. The standard InChI is InChI=1S/C14H19N7O.C12H13ClN6O.C7H5NO.C5H8ClN5.C3H2Cl2N4.C2H7N.3C2H6.3CH3.3Y/c1-20(2)12-16-11(17-13(19-12)21(3)4)18-14(22)15-10-8-6-5-7-9-10;1-19(2)11-16-9(13)15-10(17-11)18-12(20)14-8-6-4-3-5-7-8;9-6-8-7-4-2-1-3-5-7;1-11(2)5-9-3(6)8-4(7)10-5;4-1-7-2(5)9-3(6)8-1;1-3-2;3*1-2;;;;;;/h5-9H,1-4H3,(H2,15,16,17,18,19,22);3-7H,1-2H3,(H2,14,15,16,17,18,20);1-5H;1-2H3,(H2,7,8,9,10);(H2,6,7,8,9);3H,1-2H3;3*1-2H3;3*1H3;;;/q;;;;;;;;;3*-1;;;. The Hall–Kier alpha value is -5.15. The molecule has 0 aliphatic carbocycles. The van der Waals surface area contributed by atoms with E-state index in [-0.39, 0.29) is 165 Å². The number of rotatable bonds is 9. The van der Waals surface area contributed by atoms with E-state index in [1.165, 1.54) is 6.08 Å². The minimum absolute atomic E-state index is 0. The number of aromatic nitrogens is 12. The van der Waals surface area contributed by atoms with Crippen molar-refractivity contribution in [2.24, 2.45) is 4.99 Å². The van der Waals surface area contributed by atoms with Crippen LogP contribution in [0.25, 0.3) is 0 Å². The summed E-state index contributed by atoms with van der Waals surface area (Å²) in [6, 6.07) is 26.3. The van der Waals surface area contributed by atoms with Gasteiger partial charge in [0.1, 0.15) is 0 Å². The van der Waals surface area contributed by atoms with Crippen LogP contribution in [0.2, 0.25) is 21.1 Å². The van der Waals surface area contributed by atoms with Gasteiger partial charge in [-0.1, -0.05) is 96.1 Å². The van der Waals surface area contributed by atoms with Crippen LogP contribution in [-0.2, 0) is 103 Å². The smallest absolute Gasteiger partial charge is 0.326 e. The SMILES string of the molecule is CC.CC.CC.CN(C)c1nc(Cl)nc(NC(=O)Nc2ccccc2)n1.CN(C)c1nc(N)nc(Cl)n1.CN(C)c1nc(NC(=O)Nc2ccccc2)nc(N(C)C)n1.CNC.Nc1nc(Cl)nc(Cl)n1.O=C=Nc1ccccc1.[CH3-].[CH3-].[CH3-].[Y].[Y].[Y]. The van der Waals surface area contributed by atoms with Gasteiger partial charge in [-0.2, -0.15) is 64.8 Å². The van der Waals surface area contributed by atoms with Gasteiger partial charge in [-0.15, -0.1) is 0 Å². The number of nitrogens with one attached hydrogen (secondary N) is 5. The van der Waals surface area contributed by atoms with Crippen LogP contribution >= 0.6 is 46.4 Å². The molecule has 0 bridgehead atoms. The summed E-state index contributed by atoms with van der Waals surface area (Å²) in [6.07, 6.45) is 1.46. The predicted molar refractivity (Wildman–Crippen MR) is 346 cm³/mol. The molecule has 27 nitrogen and oxygen atoms in total. The summed E-state index contributed by atoms with van der Waals surface area (Å²) in [5.41, 5.74) is 12.5. The first-order valence-electron chi connectivity index (χ1n) is 24.0. The number of nitrogens with zero attached hydrogens (tertiary/aromatic N) is 17. The van der Waals surface area contributed by atoms with Crippen LogP contribution in [0, 0.1) is 22.3 Å². The number of nitrogen functional groups attached to an aromatic ring is 2. The van der Waals surface area contributed by atoms with Crippen molar-refractivity contribution in [2.45, 2.75) is 41.5 Å². The number of anilines is 10. The molecule has 0 aliphatic heterocycles. The average molecular weight is 1500 g/mol. The van der Waals surface area contributed by atoms with Crippen molar-refractivity contribution in [1.29, 1.82) is 0 Å². The third kappa shape index (κ3) is 46.1. The molecule has 4 amide bonds. The Morgan fingerprint density at radius 1 is 0.419 bits per heavy atom. The van der Waals surface area contributed by atoms with E-state index >= 15 is 0 Å². The number of hydrogen-bond acceptors (Lipinski definition) is 23. The van der Waals surface area contributed by atoms with Crippen LogP contribution in [0.3, 0.4) is 0 Å². The van der Waals surface area contributed by atoms with Crippen LogP contribution in [0.4, 0.5) is 74.2 Å². The molecule has 0 unspecified atom stereocenters. The minimum atomic E-state index is -0.455. The topological polar surface area (TPSA) is 343 Å². The van der Waals surface area contributed by atoms with E-state index in [2.05, 4.69) is 91.4 Å². The summed E-state index contributed by atoms with van der Waals surface area (Å²) in [6.45, 7) is 12.0. The zero-order chi connectivity index (χ0) is 61.2. The number of amides is 4. The van der Waals surface area contributed by atoms with Crippen molar-refractivity contribution in [1.82, 2.24) is 65.1 Å². The molecule has 34 heteroatoms. The van der Waals surface area contributed by atoms with Crippen LogP contribution in [-0.4, -0.2) is 148 Å². The summed E-state index contributed by atoms with van der Waals surface area (Å²) >= 11 is 21.9. The largest absolute Gasteiger partial charge is 0.368 e. The monoisotopic (exact) mass is 1500 g/mol. The minimum Gasteiger partial charge on any atom is -0.368 e. The maximum atomic E-state index is 12.0. The van der Waals surface area contributed by atoms with Gasteiger partial charge in [-0.05, 0) is 96.9 Å². The summed E-state index contributed by atoms with van der Waals surface area (Å²) < 4.78 is 0. The van der Waals surface area contributed by atoms with E-state index in [1.807, 2.05) is 138 Å². The first-order valence-corrected chi connectivity index (χ1v) is 25.5. The van der Waals surface area contributed by atoms with Gasteiger partial charge in [-0.3, -0.25) is 10.6 Å². The van der Waals surface area contributed by atoms with E-state index < -0.39 is 12.1 Å². The van der Waals surface area contributed by atoms with Gasteiger partial charge < -0.3 is 69.3 Å². The number of benzene rings is 3. The number of aliphatic imine (C=N–C) groups is 1. The number of hydrogen-bond donors (Lipinski definition) is 7. The molecule has 0 spiro atoms. The first kappa shape index (κ1) is 97.1. The van der Waals surface area contributed by atoms with Crippen molar-refractivity contribution in [3.63, 3.8) is 0 Å². The maximum Gasteiger partial charge on any atom is 0.326 e. The zero-order valence-corrected chi connectivity index (χ0v) is 63.9. The number of isocyanates is 1. The molecule has 0 saturated heterocycles. The molecule has 7 aromatic rings. The molecular formula is C52H81Cl4N24O3Y3-3. The molecule has 467 valence electrons. The van der Waals surface area contributed by atoms with E-state index in [0.29, 0.717) is 40.9 Å². The molecular weight excluding hydrogens is 1420 g/mol. The number of halogens is 4. The van der Waals surface area contributed by atoms with Crippen LogP contribution in [0.5, 0.6) is 0 Å². The molecule has 0 fully saturated rings. The van der Waals surface area contributed by atoms with Crippen molar-refractivity contribution in [2.75, 3.05) is 123 Å². The van der Waals surface area contributed by atoms with Gasteiger partial charge in [0.05, 0.1) is 5.69 Å². The normalized spacial score (nSPS) is 8.37. The fourth-order valence-electron chi connectivity index (χ4n) is 4.43. The van der Waals surface area contributed by atoms with Gasteiger partial charge >= 0.3 is 12.1 Å². The summed E-state index contributed by atoms with van der Waals surface area (Å²) in [5.74, 6) is 2.19.